The van der Waals surface area contributed by atoms with Gasteiger partial charge in [-0.15, -0.1) is 0 Å². The highest BCUT2D eigenvalue weighted by molar-refractivity contribution is 5.20. The van der Waals surface area contributed by atoms with Crippen LogP contribution in [0.4, 0.5) is 0 Å². The average Bonchev–Trinajstić information content (AvgIpc) is 3.29. The molecule has 2 heterocycles. The van der Waals surface area contributed by atoms with Crippen LogP contribution in [0.25, 0.3) is 0 Å². The highest BCUT2D eigenvalue weighted by Gasteiger charge is 2.71. The predicted molar refractivity (Wildman–Crippen MR) is 75.5 cm³/mol. The Hall–Kier alpha value is -0.420. The number of epoxide rings is 2. The maximum atomic E-state index is 10.2. The molecule has 3 fully saturated rings. The van der Waals surface area contributed by atoms with Crippen molar-refractivity contribution < 1.29 is 19.3 Å². The molecule has 2 aliphatic heterocycles. The van der Waals surface area contributed by atoms with Crippen molar-refractivity contribution in [3.05, 3.63) is 11.6 Å². The van der Waals surface area contributed by atoms with E-state index in [1.54, 1.807) is 7.11 Å². The highest BCUT2D eigenvalue weighted by Crippen LogP contribution is 2.59. The Kier molecular flexibility index (Phi) is 3.49. The van der Waals surface area contributed by atoms with Gasteiger partial charge in [-0.05, 0) is 40.0 Å². The van der Waals surface area contributed by atoms with E-state index >= 15 is 0 Å². The quantitative estimate of drug-likeness (QED) is 0.633. The van der Waals surface area contributed by atoms with Crippen molar-refractivity contribution >= 4 is 0 Å². The topological polar surface area (TPSA) is 54.5 Å². The number of aliphatic hydroxyl groups excluding tert-OH is 1. The molecule has 3 rings (SSSR count). The molecule has 0 aromatic carbocycles. The maximum Gasteiger partial charge on any atom is 0.101 e. The molecule has 2 saturated heterocycles. The van der Waals surface area contributed by atoms with Crippen LogP contribution in [0.2, 0.25) is 0 Å². The fraction of sp³-hybridized carbons (Fsp3) is 0.875. The minimum atomic E-state index is -0.412. The van der Waals surface area contributed by atoms with E-state index < -0.39 is 6.10 Å². The normalized spacial score (nSPS) is 50.0. The molecule has 0 unspecified atom stereocenters. The SMILES string of the molecule is CO[C@@H]1[C@H](O)CC[C@@]2(CO2)[C@@H]1[C@]1(C)O[C@@H]1CC=C(C)C. The van der Waals surface area contributed by atoms with Gasteiger partial charge < -0.3 is 19.3 Å². The minimum Gasteiger partial charge on any atom is -0.390 e. The molecule has 1 saturated carbocycles. The number of ether oxygens (including phenoxy) is 3. The Labute approximate surface area is 121 Å². The Balaban J connectivity index is 1.78. The zero-order valence-electron chi connectivity index (χ0n) is 12.9. The fourth-order valence-electron chi connectivity index (χ4n) is 3.96. The van der Waals surface area contributed by atoms with Crippen molar-refractivity contribution in [2.24, 2.45) is 5.92 Å². The molecule has 4 heteroatoms. The van der Waals surface area contributed by atoms with E-state index in [1.807, 2.05) is 0 Å². The van der Waals surface area contributed by atoms with Crippen LogP contribution in [-0.2, 0) is 14.2 Å². The van der Waals surface area contributed by atoms with Gasteiger partial charge in [-0.1, -0.05) is 11.6 Å². The van der Waals surface area contributed by atoms with Gasteiger partial charge in [0.1, 0.15) is 5.60 Å². The van der Waals surface area contributed by atoms with E-state index in [-0.39, 0.29) is 29.3 Å². The molecule has 0 radical (unpaired) electrons. The molecule has 0 aromatic heterocycles. The monoisotopic (exact) mass is 282 g/mol. The number of hydrogen-bond acceptors (Lipinski definition) is 4. The summed E-state index contributed by atoms with van der Waals surface area (Å²) in [5.41, 5.74) is 0.964. The van der Waals surface area contributed by atoms with Gasteiger partial charge in [-0.25, -0.2) is 0 Å². The second-order valence-corrected chi connectivity index (χ2v) is 6.94. The average molecular weight is 282 g/mol. The molecule has 3 aliphatic rings. The molecule has 20 heavy (non-hydrogen) atoms. The van der Waals surface area contributed by atoms with Crippen LogP contribution in [-0.4, -0.2) is 48.3 Å². The lowest BCUT2D eigenvalue weighted by molar-refractivity contribution is -0.116. The summed E-state index contributed by atoms with van der Waals surface area (Å²) in [5.74, 6) is 0.124. The Bertz CT molecular complexity index is 411. The van der Waals surface area contributed by atoms with Crippen LogP contribution >= 0.6 is 0 Å². The number of aliphatic hydroxyl groups is 1. The van der Waals surface area contributed by atoms with Crippen LogP contribution in [0, 0.1) is 5.92 Å². The largest absolute Gasteiger partial charge is 0.390 e. The van der Waals surface area contributed by atoms with Crippen molar-refractivity contribution in [3.63, 3.8) is 0 Å². The van der Waals surface area contributed by atoms with Crippen LogP contribution in [0.15, 0.2) is 11.6 Å². The van der Waals surface area contributed by atoms with Gasteiger partial charge in [-0.3, -0.25) is 0 Å². The van der Waals surface area contributed by atoms with Crippen LogP contribution in [0.1, 0.15) is 40.0 Å². The molecule has 0 aromatic rings. The summed E-state index contributed by atoms with van der Waals surface area (Å²) in [6, 6.07) is 0. The van der Waals surface area contributed by atoms with Gasteiger partial charge >= 0.3 is 0 Å². The van der Waals surface area contributed by atoms with E-state index in [2.05, 4.69) is 26.8 Å². The first-order valence-electron chi connectivity index (χ1n) is 7.59. The van der Waals surface area contributed by atoms with E-state index in [1.165, 1.54) is 5.57 Å². The maximum absolute atomic E-state index is 10.2. The summed E-state index contributed by atoms with van der Waals surface area (Å²) >= 11 is 0. The first-order chi connectivity index (χ1) is 9.43. The second kappa shape index (κ2) is 4.80. The standard InChI is InChI=1S/C16H26O4/c1-10(2)5-6-12-15(3,20-12)14-13(18-4)11(17)7-8-16(14)9-19-16/h5,11-14,17H,6-9H2,1-4H3/t11-,12-,13-,14+,15-,16-/m1/s1. The first-order valence-corrected chi connectivity index (χ1v) is 7.59. The van der Waals surface area contributed by atoms with Crippen LogP contribution in [0.5, 0.6) is 0 Å². The van der Waals surface area contributed by atoms with Crippen LogP contribution in [0.3, 0.4) is 0 Å². The molecule has 0 amide bonds. The summed E-state index contributed by atoms with van der Waals surface area (Å²) < 4.78 is 17.4. The molecular weight excluding hydrogens is 256 g/mol. The van der Waals surface area contributed by atoms with Gasteiger partial charge in [0.05, 0.1) is 36.4 Å². The summed E-state index contributed by atoms with van der Waals surface area (Å²) in [4.78, 5) is 0. The third kappa shape index (κ3) is 2.23. The van der Waals surface area contributed by atoms with Crippen molar-refractivity contribution in [2.75, 3.05) is 13.7 Å². The first kappa shape index (κ1) is 14.5. The second-order valence-electron chi connectivity index (χ2n) is 6.94. The Morgan fingerprint density at radius 1 is 1.45 bits per heavy atom. The molecule has 0 bridgehead atoms. The van der Waals surface area contributed by atoms with Gasteiger partial charge in [0, 0.05) is 7.11 Å². The van der Waals surface area contributed by atoms with Crippen LogP contribution < -0.4 is 0 Å². The van der Waals surface area contributed by atoms with E-state index in [0.717, 1.165) is 25.9 Å². The van der Waals surface area contributed by atoms with E-state index in [0.29, 0.717) is 0 Å². The lowest BCUT2D eigenvalue weighted by Crippen LogP contribution is -2.54. The van der Waals surface area contributed by atoms with Crippen molar-refractivity contribution in [1.29, 1.82) is 0 Å². The third-order valence-corrected chi connectivity index (χ3v) is 5.26. The van der Waals surface area contributed by atoms with Gasteiger partial charge in [0.25, 0.3) is 0 Å². The number of allylic oxidation sites excluding steroid dienone is 1. The van der Waals surface area contributed by atoms with Gasteiger partial charge in [-0.2, -0.15) is 0 Å². The Morgan fingerprint density at radius 2 is 2.15 bits per heavy atom. The zero-order valence-corrected chi connectivity index (χ0v) is 12.9. The molecule has 114 valence electrons. The summed E-state index contributed by atoms with van der Waals surface area (Å²) in [5, 5.41) is 10.2. The number of hydrogen-bond donors (Lipinski definition) is 1. The Morgan fingerprint density at radius 3 is 2.70 bits per heavy atom. The summed E-state index contributed by atoms with van der Waals surface area (Å²) in [7, 11) is 1.68. The van der Waals surface area contributed by atoms with Gasteiger partial charge in [0.2, 0.25) is 0 Å². The molecule has 4 nitrogen and oxygen atoms in total. The van der Waals surface area contributed by atoms with E-state index in [4.69, 9.17) is 14.2 Å². The van der Waals surface area contributed by atoms with Crippen molar-refractivity contribution in [3.8, 4) is 0 Å². The third-order valence-electron chi connectivity index (χ3n) is 5.26. The lowest BCUT2D eigenvalue weighted by atomic mass is 9.68. The van der Waals surface area contributed by atoms with E-state index in [9.17, 15) is 5.11 Å². The lowest BCUT2D eigenvalue weighted by Gasteiger charge is -2.41. The summed E-state index contributed by atoms with van der Waals surface area (Å²) in [6.07, 6.45) is 4.43. The minimum absolute atomic E-state index is 0.117. The van der Waals surface area contributed by atoms with Crippen molar-refractivity contribution in [1.82, 2.24) is 0 Å². The smallest absolute Gasteiger partial charge is 0.101 e. The molecular formula is C16H26O4. The molecule has 1 aliphatic carbocycles. The fourth-order valence-corrected chi connectivity index (χ4v) is 3.96. The molecule has 1 spiro atoms. The van der Waals surface area contributed by atoms with Gasteiger partial charge in [0.15, 0.2) is 0 Å². The summed E-state index contributed by atoms with van der Waals surface area (Å²) in [6.45, 7) is 7.13. The number of methoxy groups -OCH3 is 1. The van der Waals surface area contributed by atoms with Crippen molar-refractivity contribution in [2.45, 2.75) is 69.5 Å². The highest BCUT2D eigenvalue weighted by atomic mass is 16.6. The molecule has 1 N–H and O–H groups in total. The predicted octanol–water partition coefficient (Wildman–Crippen LogP) is 2.06. The zero-order chi connectivity index (χ0) is 14.5. The number of rotatable bonds is 4. The molecule has 6 atom stereocenters.